The molecule has 0 spiro atoms. The number of carbonyl (C=O) groups is 1. The molecule has 0 bridgehead atoms. The zero-order chi connectivity index (χ0) is 21.4. The second-order valence-electron chi connectivity index (χ2n) is 5.97. The maximum Gasteiger partial charge on any atom is 0.271 e. The van der Waals surface area contributed by atoms with E-state index >= 15 is 0 Å². The number of non-ortho nitro benzene ring substituents is 1. The van der Waals surface area contributed by atoms with Crippen molar-refractivity contribution in [1.29, 1.82) is 0 Å². The Hall–Kier alpha value is -3.62. The predicted molar refractivity (Wildman–Crippen MR) is 108 cm³/mol. The molecular weight excluding hydrogens is 378 g/mol. The van der Waals surface area contributed by atoms with E-state index in [1.54, 1.807) is 12.1 Å². The molecule has 0 saturated heterocycles. The molecule has 0 aliphatic heterocycles. The molecule has 0 atom stereocenters. The minimum atomic E-state index is -0.483. The number of hydrogen-bond acceptors (Lipinski definition) is 7. The third-order valence-corrected chi connectivity index (χ3v) is 4.10. The van der Waals surface area contributed by atoms with Crippen molar-refractivity contribution in [3.8, 4) is 17.2 Å². The van der Waals surface area contributed by atoms with Crippen molar-refractivity contribution in [3.05, 3.63) is 57.6 Å². The van der Waals surface area contributed by atoms with Crippen LogP contribution in [-0.4, -0.2) is 37.9 Å². The van der Waals surface area contributed by atoms with Crippen LogP contribution in [0.15, 0.2) is 41.5 Å². The Balaban J connectivity index is 2.33. The van der Waals surface area contributed by atoms with Crippen molar-refractivity contribution in [3.63, 3.8) is 0 Å². The third kappa shape index (κ3) is 5.22. The Morgan fingerprint density at radius 3 is 2.24 bits per heavy atom. The van der Waals surface area contributed by atoms with E-state index in [9.17, 15) is 14.9 Å². The smallest absolute Gasteiger partial charge is 0.271 e. The van der Waals surface area contributed by atoms with Crippen LogP contribution >= 0.6 is 0 Å². The van der Waals surface area contributed by atoms with Gasteiger partial charge in [0.05, 0.1) is 32.0 Å². The fourth-order valence-electron chi connectivity index (χ4n) is 2.70. The maximum absolute atomic E-state index is 12.6. The molecule has 0 saturated carbocycles. The molecule has 2 aromatic rings. The average Bonchev–Trinajstić information content (AvgIpc) is 2.75. The molecule has 1 N–H and O–H groups in total. The van der Waals surface area contributed by atoms with E-state index in [0.717, 1.165) is 6.42 Å². The quantitative estimate of drug-likeness (QED) is 0.391. The van der Waals surface area contributed by atoms with Gasteiger partial charge in [-0.3, -0.25) is 14.9 Å². The number of methoxy groups -OCH3 is 3. The van der Waals surface area contributed by atoms with Gasteiger partial charge in [0.15, 0.2) is 11.5 Å². The van der Waals surface area contributed by atoms with Gasteiger partial charge in [0.25, 0.3) is 11.6 Å². The van der Waals surface area contributed by atoms with Crippen molar-refractivity contribution >= 4 is 17.3 Å². The number of hydrogen-bond donors (Lipinski definition) is 1. The molecule has 0 aromatic heterocycles. The fraction of sp³-hybridized carbons (Fsp3) is 0.300. The van der Waals surface area contributed by atoms with Crippen LogP contribution in [0.5, 0.6) is 17.2 Å². The summed E-state index contributed by atoms with van der Waals surface area (Å²) >= 11 is 0. The summed E-state index contributed by atoms with van der Waals surface area (Å²) in [7, 11) is 4.39. The molecule has 0 fully saturated rings. The zero-order valence-electron chi connectivity index (χ0n) is 16.7. The van der Waals surface area contributed by atoms with E-state index in [1.807, 2.05) is 6.92 Å². The largest absolute Gasteiger partial charge is 0.493 e. The standard InChI is InChI=1S/C20H23N3O6/c1-5-7-16(13-8-6-9-15(10-13)23(25)26)21-22-20(24)14-11-17(27-2)19(29-4)18(12-14)28-3/h6,8-12H,5,7H2,1-4H3,(H,22,24)/b21-16-. The average molecular weight is 401 g/mol. The molecule has 0 aliphatic rings. The molecule has 154 valence electrons. The first kappa shape index (κ1) is 21.7. The van der Waals surface area contributed by atoms with Gasteiger partial charge in [-0.05, 0) is 18.6 Å². The number of carbonyl (C=O) groups excluding carboxylic acids is 1. The van der Waals surface area contributed by atoms with Crippen LogP contribution in [0.1, 0.15) is 35.7 Å². The lowest BCUT2D eigenvalue weighted by Crippen LogP contribution is -2.20. The number of rotatable bonds is 9. The molecule has 2 aromatic carbocycles. The van der Waals surface area contributed by atoms with Crippen LogP contribution in [0.2, 0.25) is 0 Å². The fourth-order valence-corrected chi connectivity index (χ4v) is 2.70. The van der Waals surface area contributed by atoms with Crippen LogP contribution in [0.3, 0.4) is 0 Å². The molecule has 1 amide bonds. The molecule has 2 rings (SSSR count). The van der Waals surface area contributed by atoms with Crippen molar-refractivity contribution in [2.45, 2.75) is 19.8 Å². The highest BCUT2D eigenvalue weighted by Crippen LogP contribution is 2.38. The van der Waals surface area contributed by atoms with Crippen LogP contribution < -0.4 is 19.6 Å². The highest BCUT2D eigenvalue weighted by atomic mass is 16.6. The third-order valence-electron chi connectivity index (χ3n) is 4.10. The Bertz CT molecular complexity index is 901. The van der Waals surface area contributed by atoms with E-state index < -0.39 is 10.8 Å². The monoisotopic (exact) mass is 401 g/mol. The number of nitro benzene ring substituents is 1. The van der Waals surface area contributed by atoms with E-state index in [4.69, 9.17) is 14.2 Å². The van der Waals surface area contributed by atoms with Crippen molar-refractivity contribution in [1.82, 2.24) is 5.43 Å². The predicted octanol–water partition coefficient (Wildman–Crippen LogP) is 3.55. The number of amides is 1. The van der Waals surface area contributed by atoms with Gasteiger partial charge in [-0.2, -0.15) is 5.10 Å². The zero-order valence-corrected chi connectivity index (χ0v) is 16.7. The summed E-state index contributed by atoms with van der Waals surface area (Å²) in [4.78, 5) is 23.2. The molecule has 0 aliphatic carbocycles. The van der Waals surface area contributed by atoms with Gasteiger partial charge in [-0.25, -0.2) is 5.43 Å². The van der Waals surface area contributed by atoms with Crippen LogP contribution in [-0.2, 0) is 0 Å². The van der Waals surface area contributed by atoms with Crippen molar-refractivity contribution in [2.75, 3.05) is 21.3 Å². The lowest BCUT2D eigenvalue weighted by atomic mass is 10.1. The van der Waals surface area contributed by atoms with Gasteiger partial charge in [0.1, 0.15) is 0 Å². The van der Waals surface area contributed by atoms with Gasteiger partial charge < -0.3 is 14.2 Å². The van der Waals surface area contributed by atoms with Crippen LogP contribution in [0, 0.1) is 10.1 Å². The Morgan fingerprint density at radius 2 is 1.72 bits per heavy atom. The molecule has 9 nitrogen and oxygen atoms in total. The maximum atomic E-state index is 12.6. The van der Waals surface area contributed by atoms with E-state index in [-0.39, 0.29) is 11.3 Å². The first-order chi connectivity index (χ1) is 13.9. The van der Waals surface area contributed by atoms with Gasteiger partial charge in [0.2, 0.25) is 5.75 Å². The van der Waals surface area contributed by atoms with Crippen LogP contribution in [0.4, 0.5) is 5.69 Å². The topological polar surface area (TPSA) is 112 Å². The van der Waals surface area contributed by atoms with E-state index in [0.29, 0.717) is 34.9 Å². The Morgan fingerprint density at radius 1 is 1.07 bits per heavy atom. The lowest BCUT2D eigenvalue weighted by molar-refractivity contribution is -0.384. The summed E-state index contributed by atoms with van der Waals surface area (Å²) in [5.74, 6) is 0.573. The van der Waals surface area contributed by atoms with E-state index in [2.05, 4.69) is 10.5 Å². The Kier molecular flexibility index (Phi) is 7.53. The molecule has 9 heteroatoms. The van der Waals surface area contributed by atoms with Gasteiger partial charge in [-0.15, -0.1) is 0 Å². The SMILES string of the molecule is CCC/C(=N/NC(=O)c1cc(OC)c(OC)c(OC)c1)c1cccc([N+](=O)[O-])c1. The number of nitrogens with one attached hydrogen (secondary N) is 1. The number of hydrazone groups is 1. The molecule has 0 heterocycles. The number of benzene rings is 2. The van der Waals surface area contributed by atoms with Gasteiger partial charge in [0, 0.05) is 23.3 Å². The molecular formula is C20H23N3O6. The highest BCUT2D eigenvalue weighted by Gasteiger charge is 2.17. The van der Waals surface area contributed by atoms with Gasteiger partial charge >= 0.3 is 0 Å². The Labute approximate surface area is 168 Å². The summed E-state index contributed by atoms with van der Waals surface area (Å²) in [6, 6.07) is 9.16. The summed E-state index contributed by atoms with van der Waals surface area (Å²) in [5, 5.41) is 15.2. The van der Waals surface area contributed by atoms with Crippen molar-refractivity contribution in [2.24, 2.45) is 5.10 Å². The molecule has 29 heavy (non-hydrogen) atoms. The summed E-state index contributed by atoms with van der Waals surface area (Å²) < 4.78 is 15.8. The summed E-state index contributed by atoms with van der Waals surface area (Å²) in [6.45, 7) is 1.95. The molecule has 0 unspecified atom stereocenters. The summed E-state index contributed by atoms with van der Waals surface area (Å²) in [5.41, 5.74) is 3.84. The number of nitro groups is 1. The lowest BCUT2D eigenvalue weighted by Gasteiger charge is -2.13. The first-order valence-electron chi connectivity index (χ1n) is 8.86. The van der Waals surface area contributed by atoms with Crippen molar-refractivity contribution < 1.29 is 23.9 Å². The first-order valence-corrected chi connectivity index (χ1v) is 8.86. The molecule has 0 radical (unpaired) electrons. The van der Waals surface area contributed by atoms with Crippen LogP contribution in [0.25, 0.3) is 0 Å². The minimum absolute atomic E-state index is 0.0396. The minimum Gasteiger partial charge on any atom is -0.493 e. The highest BCUT2D eigenvalue weighted by molar-refractivity contribution is 6.02. The van der Waals surface area contributed by atoms with Gasteiger partial charge in [-0.1, -0.05) is 25.5 Å². The number of nitrogens with zero attached hydrogens (tertiary/aromatic N) is 2. The normalized spacial score (nSPS) is 11.0. The second kappa shape index (κ2) is 10.1. The van der Waals surface area contributed by atoms with E-state index in [1.165, 1.54) is 45.6 Å². The second-order valence-corrected chi connectivity index (χ2v) is 5.97. The summed E-state index contributed by atoms with van der Waals surface area (Å²) in [6.07, 6.45) is 1.29. The number of ether oxygens (including phenoxy) is 3.